The second-order valence-corrected chi connectivity index (χ2v) is 7.79. The van der Waals surface area contributed by atoms with Crippen molar-refractivity contribution in [1.29, 1.82) is 0 Å². The van der Waals surface area contributed by atoms with Crippen LogP contribution in [0.5, 0.6) is 0 Å². The molecule has 0 aliphatic carbocycles. The standard InChI is InChI=1S/C20H27FN4O5/c1-12-8-24(9-14(12)6-23-19(28)11-26)18-4-3-15(5-17(18)21)25-10-16(30-20(25)29)7-22-13(2)27/h3-5,12,14,16,26H,6-11H2,1-2H3,(H,22,27)(H,23,28)/t12-,14-,16+/m1/s1. The summed E-state index contributed by atoms with van der Waals surface area (Å²) in [5.41, 5.74) is 0.828. The summed E-state index contributed by atoms with van der Waals surface area (Å²) >= 11 is 0. The highest BCUT2D eigenvalue weighted by atomic mass is 19.1. The highest BCUT2D eigenvalue weighted by Crippen LogP contribution is 2.32. The van der Waals surface area contributed by atoms with Crippen LogP contribution in [-0.4, -0.2) is 68.4 Å². The second-order valence-electron chi connectivity index (χ2n) is 7.79. The molecule has 2 aliphatic heterocycles. The van der Waals surface area contributed by atoms with E-state index in [4.69, 9.17) is 9.84 Å². The number of carbonyl (C=O) groups is 3. The lowest BCUT2D eigenvalue weighted by Gasteiger charge is -2.21. The molecule has 3 N–H and O–H groups in total. The highest BCUT2D eigenvalue weighted by Gasteiger charge is 2.34. The van der Waals surface area contributed by atoms with E-state index < -0.39 is 30.5 Å². The molecule has 3 atom stereocenters. The van der Waals surface area contributed by atoms with Crippen LogP contribution in [0.4, 0.5) is 20.6 Å². The van der Waals surface area contributed by atoms with Crippen LogP contribution in [0.15, 0.2) is 18.2 Å². The first-order valence-corrected chi connectivity index (χ1v) is 9.93. The predicted molar refractivity (Wildman–Crippen MR) is 108 cm³/mol. The molecule has 0 bridgehead atoms. The lowest BCUT2D eigenvalue weighted by Crippen LogP contribution is -2.34. The van der Waals surface area contributed by atoms with Crippen LogP contribution >= 0.6 is 0 Å². The van der Waals surface area contributed by atoms with Crippen molar-refractivity contribution in [2.45, 2.75) is 20.0 Å². The van der Waals surface area contributed by atoms with Gasteiger partial charge in [0.2, 0.25) is 11.8 Å². The van der Waals surface area contributed by atoms with Crippen LogP contribution in [0.25, 0.3) is 0 Å². The topological polar surface area (TPSA) is 111 Å². The molecule has 0 spiro atoms. The van der Waals surface area contributed by atoms with Crippen molar-refractivity contribution in [2.75, 3.05) is 49.1 Å². The first kappa shape index (κ1) is 21.8. The van der Waals surface area contributed by atoms with E-state index in [0.717, 1.165) is 0 Å². The summed E-state index contributed by atoms with van der Waals surface area (Å²) in [5, 5.41) is 14.1. The molecule has 164 valence electrons. The van der Waals surface area contributed by atoms with Gasteiger partial charge in [-0.2, -0.15) is 0 Å². The lowest BCUT2D eigenvalue weighted by atomic mass is 9.98. The summed E-state index contributed by atoms with van der Waals surface area (Å²) in [6.07, 6.45) is -1.06. The minimum absolute atomic E-state index is 0.141. The number of halogens is 1. The fraction of sp³-hybridized carbons (Fsp3) is 0.550. The molecule has 2 saturated heterocycles. The van der Waals surface area contributed by atoms with E-state index in [1.54, 1.807) is 12.1 Å². The van der Waals surface area contributed by atoms with Crippen LogP contribution in [0.2, 0.25) is 0 Å². The molecule has 3 amide bonds. The summed E-state index contributed by atoms with van der Waals surface area (Å²) < 4.78 is 20.1. The maximum absolute atomic E-state index is 14.9. The molecule has 2 aliphatic rings. The summed E-state index contributed by atoms with van der Waals surface area (Å²) in [6.45, 7) is 4.94. The smallest absolute Gasteiger partial charge is 0.414 e. The third-order valence-electron chi connectivity index (χ3n) is 5.51. The Hall–Kier alpha value is -2.88. The van der Waals surface area contributed by atoms with E-state index in [-0.39, 0.29) is 30.8 Å². The molecular formula is C20H27FN4O5. The third-order valence-corrected chi connectivity index (χ3v) is 5.51. The molecule has 3 rings (SSSR count). The molecular weight excluding hydrogens is 395 g/mol. The number of aliphatic hydroxyl groups is 1. The van der Waals surface area contributed by atoms with Crippen molar-refractivity contribution >= 4 is 29.3 Å². The monoisotopic (exact) mass is 422 g/mol. The van der Waals surface area contributed by atoms with Crippen LogP contribution in [0.3, 0.4) is 0 Å². The Balaban J connectivity index is 1.64. The van der Waals surface area contributed by atoms with Crippen LogP contribution in [0, 0.1) is 17.7 Å². The summed E-state index contributed by atoms with van der Waals surface area (Å²) in [5.74, 6) is -0.703. The molecule has 30 heavy (non-hydrogen) atoms. The van der Waals surface area contributed by atoms with Gasteiger partial charge in [-0.15, -0.1) is 0 Å². The van der Waals surface area contributed by atoms with E-state index in [1.807, 2.05) is 11.8 Å². The summed E-state index contributed by atoms with van der Waals surface area (Å²) in [4.78, 5) is 37.7. The van der Waals surface area contributed by atoms with E-state index in [9.17, 15) is 18.8 Å². The van der Waals surface area contributed by atoms with E-state index in [1.165, 1.54) is 17.9 Å². The highest BCUT2D eigenvalue weighted by molar-refractivity contribution is 5.90. The number of aliphatic hydroxyl groups excluding tert-OH is 1. The number of rotatable bonds is 7. The Bertz CT molecular complexity index is 820. The normalized spacial score (nSPS) is 23.5. The van der Waals surface area contributed by atoms with Gasteiger partial charge in [0.25, 0.3) is 0 Å². The van der Waals surface area contributed by atoms with Crippen molar-refractivity contribution in [3.63, 3.8) is 0 Å². The van der Waals surface area contributed by atoms with Crippen molar-refractivity contribution in [1.82, 2.24) is 10.6 Å². The van der Waals surface area contributed by atoms with Gasteiger partial charge in [-0.25, -0.2) is 9.18 Å². The SMILES string of the molecule is CC(=O)NC[C@H]1CN(c2ccc(N3C[C@@H](CNC(=O)CO)[C@H](C)C3)c(F)c2)C(=O)O1. The fourth-order valence-corrected chi connectivity index (χ4v) is 3.81. The third kappa shape index (κ3) is 4.99. The molecule has 1 aromatic carbocycles. The number of nitrogens with one attached hydrogen (secondary N) is 2. The van der Waals surface area contributed by atoms with E-state index in [2.05, 4.69) is 10.6 Å². The minimum Gasteiger partial charge on any atom is -0.442 e. The Morgan fingerprint density at radius 1 is 1.23 bits per heavy atom. The van der Waals surface area contributed by atoms with Crippen LogP contribution in [0.1, 0.15) is 13.8 Å². The number of ether oxygens (including phenoxy) is 1. The number of hydrogen-bond acceptors (Lipinski definition) is 6. The molecule has 1 aromatic rings. The van der Waals surface area contributed by atoms with Crippen molar-refractivity contribution in [2.24, 2.45) is 11.8 Å². The van der Waals surface area contributed by atoms with E-state index >= 15 is 0 Å². The molecule has 9 nitrogen and oxygen atoms in total. The van der Waals surface area contributed by atoms with Gasteiger partial charge in [0, 0.05) is 26.6 Å². The zero-order chi connectivity index (χ0) is 21.8. The van der Waals surface area contributed by atoms with Crippen LogP contribution < -0.4 is 20.4 Å². The number of nitrogens with zero attached hydrogens (tertiary/aromatic N) is 2. The first-order chi connectivity index (χ1) is 14.3. The van der Waals surface area contributed by atoms with Gasteiger partial charge >= 0.3 is 6.09 Å². The molecule has 0 aromatic heterocycles. The quantitative estimate of drug-likeness (QED) is 0.589. The second kappa shape index (κ2) is 9.29. The van der Waals surface area contributed by atoms with Gasteiger partial charge < -0.3 is 25.4 Å². The Kier molecular flexibility index (Phi) is 6.76. The largest absolute Gasteiger partial charge is 0.442 e. The molecule has 0 unspecified atom stereocenters. The average Bonchev–Trinajstić information content (AvgIpc) is 3.26. The van der Waals surface area contributed by atoms with Gasteiger partial charge in [0.05, 0.1) is 24.5 Å². The Morgan fingerprint density at radius 2 is 2.00 bits per heavy atom. The van der Waals surface area contributed by atoms with Crippen molar-refractivity contribution < 1.29 is 28.6 Å². The lowest BCUT2D eigenvalue weighted by molar-refractivity contribution is -0.124. The summed E-state index contributed by atoms with van der Waals surface area (Å²) in [6, 6.07) is 4.62. The molecule has 2 fully saturated rings. The average molecular weight is 422 g/mol. The van der Waals surface area contributed by atoms with Crippen molar-refractivity contribution in [3.8, 4) is 0 Å². The van der Waals surface area contributed by atoms with Crippen LogP contribution in [-0.2, 0) is 14.3 Å². The number of amides is 3. The maximum atomic E-state index is 14.9. The predicted octanol–water partition coefficient (Wildman–Crippen LogP) is 0.468. The number of cyclic esters (lactones) is 1. The molecule has 10 heteroatoms. The number of anilines is 2. The number of benzene rings is 1. The zero-order valence-corrected chi connectivity index (χ0v) is 17.1. The number of hydrogen-bond donors (Lipinski definition) is 3. The maximum Gasteiger partial charge on any atom is 0.414 e. The van der Waals surface area contributed by atoms with Gasteiger partial charge in [-0.05, 0) is 30.0 Å². The Morgan fingerprint density at radius 3 is 2.67 bits per heavy atom. The minimum atomic E-state index is -0.577. The van der Waals surface area contributed by atoms with Gasteiger partial charge in [0.1, 0.15) is 18.5 Å². The van der Waals surface area contributed by atoms with Gasteiger partial charge in [-0.3, -0.25) is 14.5 Å². The van der Waals surface area contributed by atoms with Crippen molar-refractivity contribution in [3.05, 3.63) is 24.0 Å². The molecule has 0 saturated carbocycles. The van der Waals surface area contributed by atoms with Gasteiger partial charge in [0.15, 0.2) is 0 Å². The number of carbonyl (C=O) groups excluding carboxylic acids is 3. The van der Waals surface area contributed by atoms with Gasteiger partial charge in [-0.1, -0.05) is 6.92 Å². The summed E-state index contributed by atoms with van der Waals surface area (Å²) in [7, 11) is 0. The zero-order valence-electron chi connectivity index (χ0n) is 17.1. The fourth-order valence-electron chi connectivity index (χ4n) is 3.81. The van der Waals surface area contributed by atoms with E-state index in [0.29, 0.717) is 31.0 Å². The first-order valence-electron chi connectivity index (χ1n) is 9.93. The Labute approximate surface area is 174 Å². The molecule has 2 heterocycles. The molecule has 0 radical (unpaired) electrons.